The Hall–Kier alpha value is -4.03. The number of rotatable bonds is 12. The van der Waals surface area contributed by atoms with E-state index >= 15 is 0 Å². The Balaban J connectivity index is 1.32. The van der Waals surface area contributed by atoms with Gasteiger partial charge in [0.15, 0.2) is 0 Å². The number of ether oxygens (including phenoxy) is 3. The minimum absolute atomic E-state index is 0.303. The number of carbonyl (C=O) groups is 1. The number of carbonyl (C=O) groups excluding carboxylic acids is 1. The molecule has 12 heteroatoms. The van der Waals surface area contributed by atoms with Crippen molar-refractivity contribution in [2.24, 2.45) is 5.73 Å². The van der Waals surface area contributed by atoms with Gasteiger partial charge in [-0.1, -0.05) is 17.7 Å². The maximum Gasteiger partial charge on any atom is 0.241 e. The van der Waals surface area contributed by atoms with Crippen LogP contribution in [-0.2, 0) is 16.1 Å². The number of halogens is 1. The normalized spacial score (nSPS) is 14.4. The SMILES string of the molecule is C[C@H](N)C(=O)Nc1cc2c(Nc3ccc(OCc4ccccn4)c(Cl)c3)ncnc2cc1OCCCN1CCOCC1. The van der Waals surface area contributed by atoms with Gasteiger partial charge >= 0.3 is 0 Å². The lowest BCUT2D eigenvalue weighted by Crippen LogP contribution is -2.37. The van der Waals surface area contributed by atoms with E-state index in [0.717, 1.165) is 45.0 Å². The average molecular weight is 592 g/mol. The maximum atomic E-state index is 12.5. The number of pyridine rings is 1. The van der Waals surface area contributed by atoms with E-state index in [1.54, 1.807) is 37.4 Å². The average Bonchev–Trinajstić information content (AvgIpc) is 3.00. The Kier molecular flexibility index (Phi) is 9.98. The molecule has 1 saturated heterocycles. The highest BCUT2D eigenvalue weighted by Crippen LogP contribution is 2.35. The second-order valence-corrected chi connectivity index (χ2v) is 10.3. The molecule has 0 saturated carbocycles. The zero-order valence-electron chi connectivity index (χ0n) is 23.4. The van der Waals surface area contributed by atoms with E-state index in [0.29, 0.717) is 57.8 Å². The molecule has 220 valence electrons. The fraction of sp³-hybridized carbons (Fsp3) is 0.333. The molecule has 3 heterocycles. The fourth-order valence-electron chi connectivity index (χ4n) is 4.41. The minimum atomic E-state index is -0.694. The number of benzene rings is 2. The van der Waals surface area contributed by atoms with E-state index in [1.165, 1.54) is 6.33 Å². The van der Waals surface area contributed by atoms with Crippen molar-refractivity contribution in [2.45, 2.75) is 26.0 Å². The first kappa shape index (κ1) is 29.5. The van der Waals surface area contributed by atoms with Crippen LogP contribution in [0.4, 0.5) is 17.2 Å². The predicted octanol–water partition coefficient (Wildman–Crippen LogP) is 4.39. The van der Waals surface area contributed by atoms with Crippen molar-refractivity contribution in [3.63, 3.8) is 0 Å². The first-order chi connectivity index (χ1) is 20.5. The van der Waals surface area contributed by atoms with Crippen LogP contribution in [0.15, 0.2) is 61.1 Å². The van der Waals surface area contributed by atoms with Gasteiger partial charge < -0.3 is 30.6 Å². The second kappa shape index (κ2) is 14.2. The van der Waals surface area contributed by atoms with Crippen LogP contribution >= 0.6 is 11.6 Å². The highest BCUT2D eigenvalue weighted by atomic mass is 35.5. The monoisotopic (exact) mass is 591 g/mol. The zero-order valence-corrected chi connectivity index (χ0v) is 24.1. The van der Waals surface area contributed by atoms with Crippen LogP contribution in [0, 0.1) is 0 Å². The number of nitrogens with one attached hydrogen (secondary N) is 2. The minimum Gasteiger partial charge on any atom is -0.491 e. The number of nitrogens with two attached hydrogens (primary N) is 1. The lowest BCUT2D eigenvalue weighted by molar-refractivity contribution is -0.117. The number of fused-ring (bicyclic) bond motifs is 1. The second-order valence-electron chi connectivity index (χ2n) is 9.90. The fourth-order valence-corrected chi connectivity index (χ4v) is 4.64. The van der Waals surface area contributed by atoms with Gasteiger partial charge in [-0.05, 0) is 49.7 Å². The van der Waals surface area contributed by atoms with E-state index in [1.807, 2.05) is 24.3 Å². The highest BCUT2D eigenvalue weighted by Gasteiger charge is 2.17. The molecule has 42 heavy (non-hydrogen) atoms. The number of anilines is 3. The molecule has 2 aromatic carbocycles. The molecule has 0 aliphatic carbocycles. The molecule has 5 rings (SSSR count). The summed E-state index contributed by atoms with van der Waals surface area (Å²) in [6.45, 7) is 6.67. The maximum absolute atomic E-state index is 12.5. The third-order valence-corrected chi connectivity index (χ3v) is 6.98. The van der Waals surface area contributed by atoms with Gasteiger partial charge in [-0.15, -0.1) is 0 Å². The third kappa shape index (κ3) is 7.83. The van der Waals surface area contributed by atoms with E-state index in [2.05, 4.69) is 30.5 Å². The number of amides is 1. The van der Waals surface area contributed by atoms with E-state index in [4.69, 9.17) is 31.5 Å². The summed E-state index contributed by atoms with van der Waals surface area (Å²) in [6.07, 6.45) is 4.02. The van der Waals surface area contributed by atoms with Crippen LogP contribution in [0.2, 0.25) is 5.02 Å². The molecule has 0 radical (unpaired) electrons. The van der Waals surface area contributed by atoms with Gasteiger partial charge in [0.1, 0.15) is 30.3 Å². The standard InChI is InChI=1S/C30H34ClN7O4/c1-20(32)30(39)37-26-16-23-25(17-28(26)41-12-4-9-38-10-13-40-14-11-38)34-19-35-29(23)36-21-6-7-27(24(31)15-21)42-18-22-5-2-3-8-33-22/h2-3,5-8,15-17,19-20H,4,9-14,18,32H2,1H3,(H,37,39)(H,34,35,36)/t20-/m0/s1. The molecule has 0 bridgehead atoms. The quantitative estimate of drug-likeness (QED) is 0.203. The van der Waals surface area contributed by atoms with Crippen molar-refractivity contribution in [3.05, 3.63) is 71.8 Å². The number of nitrogens with zero attached hydrogens (tertiary/aromatic N) is 4. The topological polar surface area (TPSA) is 137 Å². The first-order valence-corrected chi connectivity index (χ1v) is 14.2. The van der Waals surface area contributed by atoms with Gasteiger partial charge in [0.25, 0.3) is 0 Å². The van der Waals surface area contributed by atoms with Crippen LogP contribution < -0.4 is 25.8 Å². The van der Waals surface area contributed by atoms with Crippen molar-refractivity contribution in [2.75, 3.05) is 50.1 Å². The Morgan fingerprint density at radius 2 is 1.95 bits per heavy atom. The van der Waals surface area contributed by atoms with Gasteiger partial charge in [0, 0.05) is 43.0 Å². The van der Waals surface area contributed by atoms with Gasteiger partial charge in [-0.25, -0.2) is 9.97 Å². The number of hydrogen-bond acceptors (Lipinski definition) is 10. The van der Waals surface area contributed by atoms with Crippen LogP contribution in [0.25, 0.3) is 10.9 Å². The lowest BCUT2D eigenvalue weighted by Gasteiger charge is -2.26. The van der Waals surface area contributed by atoms with Gasteiger partial charge in [-0.2, -0.15) is 0 Å². The van der Waals surface area contributed by atoms with Crippen molar-refractivity contribution in [1.29, 1.82) is 0 Å². The van der Waals surface area contributed by atoms with E-state index in [9.17, 15) is 4.79 Å². The molecule has 4 aromatic rings. The Bertz CT molecular complexity index is 1500. The largest absolute Gasteiger partial charge is 0.491 e. The first-order valence-electron chi connectivity index (χ1n) is 13.8. The van der Waals surface area contributed by atoms with Gasteiger partial charge in [0.05, 0.1) is 47.8 Å². The molecule has 1 fully saturated rings. The van der Waals surface area contributed by atoms with E-state index < -0.39 is 6.04 Å². The summed E-state index contributed by atoms with van der Waals surface area (Å²) in [6, 6.07) is 13.9. The van der Waals surface area contributed by atoms with E-state index in [-0.39, 0.29) is 5.91 Å². The summed E-state index contributed by atoms with van der Waals surface area (Å²) in [5.74, 6) is 1.26. The molecule has 1 atom stereocenters. The molecule has 4 N–H and O–H groups in total. The van der Waals surface area contributed by atoms with Gasteiger partial charge in [0.2, 0.25) is 5.91 Å². The zero-order chi connectivity index (χ0) is 29.3. The Labute approximate surface area is 249 Å². The molecule has 1 aliphatic heterocycles. The molecular formula is C30H34ClN7O4. The Morgan fingerprint density at radius 3 is 2.71 bits per heavy atom. The molecule has 1 aliphatic rings. The summed E-state index contributed by atoms with van der Waals surface area (Å²) >= 11 is 6.52. The lowest BCUT2D eigenvalue weighted by atomic mass is 10.1. The molecule has 1 amide bonds. The van der Waals surface area contributed by atoms with Crippen molar-refractivity contribution >= 4 is 45.6 Å². The van der Waals surface area contributed by atoms with Gasteiger partial charge in [-0.3, -0.25) is 14.7 Å². The molecular weight excluding hydrogens is 558 g/mol. The van der Waals surface area contributed by atoms with Crippen molar-refractivity contribution in [3.8, 4) is 11.5 Å². The molecule has 0 spiro atoms. The summed E-state index contributed by atoms with van der Waals surface area (Å²) in [5.41, 5.74) is 8.48. The number of aromatic nitrogens is 3. The third-order valence-electron chi connectivity index (χ3n) is 6.68. The van der Waals surface area contributed by atoms with Crippen LogP contribution in [-0.4, -0.2) is 71.3 Å². The molecule has 11 nitrogen and oxygen atoms in total. The molecule has 0 unspecified atom stereocenters. The highest BCUT2D eigenvalue weighted by molar-refractivity contribution is 6.32. The number of hydrogen-bond donors (Lipinski definition) is 3. The number of morpholine rings is 1. The van der Waals surface area contributed by atoms with Crippen LogP contribution in [0.1, 0.15) is 19.0 Å². The van der Waals surface area contributed by atoms with Crippen molar-refractivity contribution in [1.82, 2.24) is 19.9 Å². The molecule has 2 aromatic heterocycles. The predicted molar refractivity (Wildman–Crippen MR) is 162 cm³/mol. The summed E-state index contributed by atoms with van der Waals surface area (Å²) in [7, 11) is 0. The Morgan fingerprint density at radius 1 is 1.10 bits per heavy atom. The summed E-state index contributed by atoms with van der Waals surface area (Å²) in [5, 5.41) is 7.31. The van der Waals surface area contributed by atoms with Crippen molar-refractivity contribution < 1.29 is 19.0 Å². The summed E-state index contributed by atoms with van der Waals surface area (Å²) < 4.78 is 17.4. The summed E-state index contributed by atoms with van der Waals surface area (Å²) in [4.78, 5) is 28.0. The smallest absolute Gasteiger partial charge is 0.241 e. The van der Waals surface area contributed by atoms with Crippen LogP contribution in [0.3, 0.4) is 0 Å². The van der Waals surface area contributed by atoms with Crippen LogP contribution in [0.5, 0.6) is 11.5 Å².